The highest BCUT2D eigenvalue weighted by molar-refractivity contribution is 5.78. The van der Waals surface area contributed by atoms with Gasteiger partial charge < -0.3 is 11.1 Å². The maximum absolute atomic E-state index is 12.0. The van der Waals surface area contributed by atoms with Crippen molar-refractivity contribution in [2.75, 3.05) is 19.6 Å². The molecule has 0 bridgehead atoms. The molecule has 0 heterocycles. The van der Waals surface area contributed by atoms with Crippen molar-refractivity contribution in [3.63, 3.8) is 0 Å². The third-order valence-corrected chi connectivity index (χ3v) is 3.31. The second-order valence-electron chi connectivity index (χ2n) is 5.70. The molecule has 3 N–H and O–H groups in total. The Labute approximate surface area is 112 Å². The van der Waals surface area contributed by atoms with Crippen LogP contribution in [0.25, 0.3) is 0 Å². The minimum absolute atomic E-state index is 0.103. The van der Waals surface area contributed by atoms with E-state index < -0.39 is 0 Å². The molecule has 0 saturated carbocycles. The molecule has 108 valence electrons. The highest BCUT2D eigenvalue weighted by Gasteiger charge is 2.26. The Bertz CT molecular complexity index is 241. The Kier molecular flexibility index (Phi) is 8.20. The molecule has 0 rings (SSSR count). The van der Waals surface area contributed by atoms with Gasteiger partial charge in [0.25, 0.3) is 0 Å². The normalized spacial score (nSPS) is 13.7. The topological polar surface area (TPSA) is 58.4 Å². The molecule has 1 atom stereocenters. The van der Waals surface area contributed by atoms with Crippen LogP contribution in [0.1, 0.15) is 53.9 Å². The van der Waals surface area contributed by atoms with E-state index in [2.05, 4.69) is 44.8 Å². The zero-order valence-corrected chi connectivity index (χ0v) is 12.8. The van der Waals surface area contributed by atoms with Crippen molar-refractivity contribution in [1.82, 2.24) is 10.2 Å². The summed E-state index contributed by atoms with van der Waals surface area (Å²) >= 11 is 0. The first-order valence-corrected chi connectivity index (χ1v) is 7.11. The van der Waals surface area contributed by atoms with Crippen LogP contribution in [0.5, 0.6) is 0 Å². The number of nitrogens with zero attached hydrogens (tertiary/aromatic N) is 1. The number of rotatable bonds is 9. The van der Waals surface area contributed by atoms with Crippen molar-refractivity contribution < 1.29 is 4.79 Å². The summed E-state index contributed by atoms with van der Waals surface area (Å²) < 4.78 is 0. The zero-order chi connectivity index (χ0) is 14.2. The molecule has 4 nitrogen and oxygen atoms in total. The Balaban J connectivity index is 4.36. The van der Waals surface area contributed by atoms with Crippen LogP contribution in [0.4, 0.5) is 0 Å². The predicted molar refractivity (Wildman–Crippen MR) is 77.5 cm³/mol. The summed E-state index contributed by atoms with van der Waals surface area (Å²) in [4.78, 5) is 14.2. The number of amides is 1. The van der Waals surface area contributed by atoms with E-state index in [9.17, 15) is 4.79 Å². The van der Waals surface area contributed by atoms with Gasteiger partial charge in [-0.15, -0.1) is 0 Å². The predicted octanol–water partition coefficient (Wildman–Crippen LogP) is 1.74. The maximum Gasteiger partial charge on any atom is 0.234 e. The molecule has 4 heteroatoms. The van der Waals surface area contributed by atoms with Crippen molar-refractivity contribution in [2.45, 2.75) is 65.5 Å². The van der Waals surface area contributed by atoms with Crippen molar-refractivity contribution in [3.8, 4) is 0 Å². The number of carbonyl (C=O) groups excluding carboxylic acids is 1. The molecule has 0 aromatic rings. The maximum atomic E-state index is 12.0. The smallest absolute Gasteiger partial charge is 0.234 e. The molecular weight excluding hydrogens is 226 g/mol. The largest absolute Gasteiger partial charge is 0.353 e. The highest BCUT2D eigenvalue weighted by atomic mass is 16.2. The third-order valence-electron chi connectivity index (χ3n) is 3.31. The van der Waals surface area contributed by atoms with Gasteiger partial charge in [-0.1, -0.05) is 20.3 Å². The van der Waals surface area contributed by atoms with Crippen LogP contribution < -0.4 is 11.1 Å². The Morgan fingerprint density at radius 1 is 1.33 bits per heavy atom. The lowest BCUT2D eigenvalue weighted by atomic mass is 10.0. The van der Waals surface area contributed by atoms with Gasteiger partial charge in [0.05, 0.1) is 6.54 Å². The molecule has 0 aromatic heterocycles. The van der Waals surface area contributed by atoms with Gasteiger partial charge in [-0.25, -0.2) is 0 Å². The van der Waals surface area contributed by atoms with Gasteiger partial charge in [0.15, 0.2) is 0 Å². The van der Waals surface area contributed by atoms with E-state index in [-0.39, 0.29) is 17.5 Å². The first-order valence-electron chi connectivity index (χ1n) is 7.11. The summed E-state index contributed by atoms with van der Waals surface area (Å²) in [5, 5.41) is 3.04. The molecule has 0 spiro atoms. The molecule has 18 heavy (non-hydrogen) atoms. The van der Waals surface area contributed by atoms with Crippen LogP contribution in [-0.4, -0.2) is 42.0 Å². The van der Waals surface area contributed by atoms with E-state index in [4.69, 9.17) is 5.73 Å². The van der Waals surface area contributed by atoms with Crippen LogP contribution in [0, 0.1) is 0 Å². The van der Waals surface area contributed by atoms with Gasteiger partial charge in [0.2, 0.25) is 5.91 Å². The molecular formula is C14H31N3O. The number of nitrogens with two attached hydrogens (primary N) is 1. The Morgan fingerprint density at radius 2 is 1.94 bits per heavy atom. The summed E-state index contributed by atoms with van der Waals surface area (Å²) in [6.45, 7) is 12.4. The van der Waals surface area contributed by atoms with Crippen LogP contribution in [-0.2, 0) is 4.79 Å². The average molecular weight is 257 g/mol. The minimum atomic E-state index is -0.124. The molecule has 1 unspecified atom stereocenters. The van der Waals surface area contributed by atoms with E-state index in [1.54, 1.807) is 0 Å². The van der Waals surface area contributed by atoms with E-state index in [1.165, 1.54) is 0 Å². The van der Waals surface area contributed by atoms with Crippen LogP contribution >= 0.6 is 0 Å². The molecule has 0 aliphatic heterocycles. The van der Waals surface area contributed by atoms with Gasteiger partial charge >= 0.3 is 0 Å². The lowest BCUT2D eigenvalue weighted by molar-refractivity contribution is -0.124. The fourth-order valence-corrected chi connectivity index (χ4v) is 1.99. The van der Waals surface area contributed by atoms with Gasteiger partial charge in [0.1, 0.15) is 0 Å². The van der Waals surface area contributed by atoms with Crippen molar-refractivity contribution in [2.24, 2.45) is 5.73 Å². The third kappa shape index (κ3) is 6.36. The quantitative estimate of drug-likeness (QED) is 0.661. The van der Waals surface area contributed by atoms with E-state index in [1.807, 2.05) is 0 Å². The standard InChI is InChI=1S/C14H31N3O/c1-6-8-12(3)16-13(18)10-17(9-7-2)14(4,5)11-15/h12H,6-11,15H2,1-5H3,(H,16,18). The van der Waals surface area contributed by atoms with Crippen molar-refractivity contribution >= 4 is 5.91 Å². The number of carbonyl (C=O) groups is 1. The van der Waals surface area contributed by atoms with Crippen LogP contribution in [0.3, 0.4) is 0 Å². The average Bonchev–Trinajstić information content (AvgIpc) is 2.28. The second-order valence-corrected chi connectivity index (χ2v) is 5.70. The lowest BCUT2D eigenvalue weighted by Gasteiger charge is -2.37. The minimum Gasteiger partial charge on any atom is -0.353 e. The molecule has 0 aliphatic rings. The molecule has 0 aliphatic carbocycles. The molecule has 0 aromatic carbocycles. The van der Waals surface area contributed by atoms with Crippen molar-refractivity contribution in [3.05, 3.63) is 0 Å². The summed E-state index contributed by atoms with van der Waals surface area (Å²) in [6.07, 6.45) is 3.15. The molecule has 0 radical (unpaired) electrons. The first kappa shape index (κ1) is 17.4. The number of hydrogen-bond donors (Lipinski definition) is 2. The summed E-state index contributed by atoms with van der Waals surface area (Å²) in [7, 11) is 0. The van der Waals surface area contributed by atoms with E-state index in [0.717, 1.165) is 25.8 Å². The molecule has 1 amide bonds. The SMILES string of the molecule is CCCC(C)NC(=O)CN(CCC)C(C)(C)CN. The highest BCUT2D eigenvalue weighted by Crippen LogP contribution is 2.12. The Morgan fingerprint density at radius 3 is 2.39 bits per heavy atom. The van der Waals surface area contributed by atoms with Crippen LogP contribution in [0.15, 0.2) is 0 Å². The van der Waals surface area contributed by atoms with Crippen LogP contribution in [0.2, 0.25) is 0 Å². The fourth-order valence-electron chi connectivity index (χ4n) is 1.99. The van der Waals surface area contributed by atoms with Gasteiger partial charge in [-0.3, -0.25) is 9.69 Å². The zero-order valence-electron chi connectivity index (χ0n) is 12.8. The summed E-state index contributed by atoms with van der Waals surface area (Å²) in [6, 6.07) is 0.256. The lowest BCUT2D eigenvalue weighted by Crippen LogP contribution is -2.53. The van der Waals surface area contributed by atoms with Crippen molar-refractivity contribution in [1.29, 1.82) is 0 Å². The van der Waals surface area contributed by atoms with Gasteiger partial charge in [-0.2, -0.15) is 0 Å². The number of nitrogens with one attached hydrogen (secondary N) is 1. The Hall–Kier alpha value is -0.610. The number of hydrogen-bond acceptors (Lipinski definition) is 3. The van der Waals surface area contributed by atoms with E-state index in [0.29, 0.717) is 13.1 Å². The monoisotopic (exact) mass is 257 g/mol. The van der Waals surface area contributed by atoms with Gasteiger partial charge in [0, 0.05) is 18.1 Å². The van der Waals surface area contributed by atoms with Gasteiger partial charge in [-0.05, 0) is 40.2 Å². The first-order chi connectivity index (χ1) is 8.37. The molecule has 0 saturated heterocycles. The molecule has 0 fully saturated rings. The van der Waals surface area contributed by atoms with E-state index >= 15 is 0 Å². The second kappa shape index (κ2) is 8.48. The fraction of sp³-hybridized carbons (Fsp3) is 0.929. The summed E-state index contributed by atoms with van der Waals surface area (Å²) in [5.41, 5.74) is 5.67. The summed E-state index contributed by atoms with van der Waals surface area (Å²) in [5.74, 6) is 0.103.